The van der Waals surface area contributed by atoms with Gasteiger partial charge in [-0.15, -0.1) is 0 Å². The number of carbonyl (C=O) groups is 1. The summed E-state index contributed by atoms with van der Waals surface area (Å²) in [5, 5.41) is 9.07. The van der Waals surface area contributed by atoms with Gasteiger partial charge in [-0.1, -0.05) is 42.5 Å². The molecule has 26 heavy (non-hydrogen) atoms. The highest BCUT2D eigenvalue weighted by Gasteiger charge is 2.31. The van der Waals surface area contributed by atoms with Crippen LogP contribution >= 0.6 is 0 Å². The topological polar surface area (TPSA) is 43.8 Å². The van der Waals surface area contributed by atoms with E-state index in [1.165, 1.54) is 11.1 Å². The molecule has 0 spiro atoms. The minimum Gasteiger partial charge on any atom is -0.478 e. The number of aromatic carboxylic acids is 1. The summed E-state index contributed by atoms with van der Waals surface area (Å²) < 4.78 is 0. The Morgan fingerprint density at radius 3 is 2.15 bits per heavy atom. The van der Waals surface area contributed by atoms with Crippen molar-refractivity contribution in [2.75, 3.05) is 13.1 Å². The summed E-state index contributed by atoms with van der Waals surface area (Å²) in [6.45, 7) is 9.82. The highest BCUT2D eigenvalue weighted by atomic mass is 16.4. The summed E-state index contributed by atoms with van der Waals surface area (Å²) in [5.41, 5.74) is 2.87. The zero-order valence-electron chi connectivity index (χ0n) is 15.8. The molecule has 3 atom stereocenters. The van der Waals surface area contributed by atoms with Crippen molar-refractivity contribution in [1.82, 2.24) is 9.80 Å². The van der Waals surface area contributed by atoms with Crippen molar-refractivity contribution < 1.29 is 9.90 Å². The van der Waals surface area contributed by atoms with E-state index in [1.807, 2.05) is 12.1 Å². The van der Waals surface area contributed by atoms with Gasteiger partial charge in [0.1, 0.15) is 0 Å². The number of carboxylic acids is 1. The van der Waals surface area contributed by atoms with Crippen LogP contribution in [0.2, 0.25) is 0 Å². The minimum atomic E-state index is -0.874. The fourth-order valence-electron chi connectivity index (χ4n) is 3.93. The second-order valence-corrected chi connectivity index (χ2v) is 7.41. The maximum absolute atomic E-state index is 11.0. The molecule has 0 aromatic heterocycles. The third-order valence-electron chi connectivity index (χ3n) is 5.53. The molecule has 1 heterocycles. The molecule has 3 rings (SSSR count). The van der Waals surface area contributed by atoms with Gasteiger partial charge in [-0.3, -0.25) is 9.80 Å². The first-order valence-electron chi connectivity index (χ1n) is 9.32. The van der Waals surface area contributed by atoms with E-state index in [9.17, 15) is 4.79 Å². The van der Waals surface area contributed by atoms with Crippen LogP contribution in [-0.2, 0) is 6.54 Å². The number of hydrogen-bond donors (Lipinski definition) is 1. The molecule has 0 amide bonds. The van der Waals surface area contributed by atoms with Gasteiger partial charge < -0.3 is 5.11 Å². The first-order valence-corrected chi connectivity index (χ1v) is 9.32. The third-order valence-corrected chi connectivity index (χ3v) is 5.53. The maximum atomic E-state index is 11.0. The van der Waals surface area contributed by atoms with E-state index in [-0.39, 0.29) is 6.04 Å². The number of nitrogens with zero attached hydrogens (tertiary/aromatic N) is 2. The molecule has 2 aromatic carbocycles. The van der Waals surface area contributed by atoms with Gasteiger partial charge in [0.05, 0.1) is 5.56 Å². The summed E-state index contributed by atoms with van der Waals surface area (Å²) in [5.74, 6) is -0.874. The third kappa shape index (κ3) is 4.14. The van der Waals surface area contributed by atoms with Crippen molar-refractivity contribution in [1.29, 1.82) is 0 Å². The summed E-state index contributed by atoms with van der Waals surface area (Å²) in [7, 11) is 0. The summed E-state index contributed by atoms with van der Waals surface area (Å²) in [6, 6.07) is 19.2. The van der Waals surface area contributed by atoms with E-state index in [0.717, 1.165) is 19.6 Å². The average molecular weight is 352 g/mol. The summed E-state index contributed by atoms with van der Waals surface area (Å²) in [6.07, 6.45) is 0. The van der Waals surface area contributed by atoms with Crippen LogP contribution in [0.4, 0.5) is 0 Å². The molecule has 1 saturated heterocycles. The molecule has 0 saturated carbocycles. The monoisotopic (exact) mass is 352 g/mol. The van der Waals surface area contributed by atoms with E-state index in [4.69, 9.17) is 5.11 Å². The quantitative estimate of drug-likeness (QED) is 0.882. The molecule has 4 nitrogen and oxygen atoms in total. The lowest BCUT2D eigenvalue weighted by molar-refractivity contribution is 0.0143. The van der Waals surface area contributed by atoms with Gasteiger partial charge in [0.2, 0.25) is 0 Å². The largest absolute Gasteiger partial charge is 0.478 e. The van der Waals surface area contributed by atoms with E-state index in [1.54, 1.807) is 12.1 Å². The van der Waals surface area contributed by atoms with Crippen molar-refractivity contribution in [3.63, 3.8) is 0 Å². The molecule has 138 valence electrons. The molecule has 1 aliphatic rings. The van der Waals surface area contributed by atoms with Crippen molar-refractivity contribution in [2.45, 2.75) is 45.4 Å². The fraction of sp³-hybridized carbons (Fsp3) is 0.409. The Hall–Kier alpha value is -2.17. The molecule has 0 aliphatic carbocycles. The molecular weight excluding hydrogens is 324 g/mol. The standard InChI is InChI=1S/C22H28N2O2/c1-16-13-23(18(3)20-9-11-21(12-10-20)22(25)26)14-17(2)24(16)15-19-7-5-4-6-8-19/h4-12,16-18H,13-15H2,1-3H3,(H,25,26)/t16-,17+,18?. The predicted octanol–water partition coefficient (Wildman–Crippen LogP) is 4.04. The molecule has 2 aromatic rings. The molecule has 1 N–H and O–H groups in total. The highest BCUT2D eigenvalue weighted by molar-refractivity contribution is 5.87. The zero-order valence-corrected chi connectivity index (χ0v) is 15.8. The number of hydrogen-bond acceptors (Lipinski definition) is 3. The van der Waals surface area contributed by atoms with Crippen LogP contribution in [0.5, 0.6) is 0 Å². The Kier molecular flexibility index (Phi) is 5.74. The van der Waals surface area contributed by atoms with Crippen LogP contribution in [0.15, 0.2) is 54.6 Å². The van der Waals surface area contributed by atoms with Gasteiger partial charge in [-0.05, 0) is 44.0 Å². The normalized spacial score (nSPS) is 22.9. The van der Waals surface area contributed by atoms with Crippen molar-refractivity contribution >= 4 is 5.97 Å². The molecule has 0 radical (unpaired) electrons. The zero-order chi connectivity index (χ0) is 18.7. The SMILES string of the molecule is CC(c1ccc(C(=O)O)cc1)N1C[C@@H](C)N(Cc2ccccc2)[C@@H](C)C1. The first-order chi connectivity index (χ1) is 12.5. The average Bonchev–Trinajstić information content (AvgIpc) is 2.65. The van der Waals surface area contributed by atoms with Crippen molar-refractivity contribution in [3.05, 3.63) is 71.3 Å². The van der Waals surface area contributed by atoms with Crippen molar-refractivity contribution in [2.24, 2.45) is 0 Å². The minimum absolute atomic E-state index is 0.279. The highest BCUT2D eigenvalue weighted by Crippen LogP contribution is 2.27. The molecule has 4 heteroatoms. The Bertz CT molecular complexity index is 718. The van der Waals surface area contributed by atoms with Crippen LogP contribution in [0, 0.1) is 0 Å². The number of rotatable bonds is 5. The Labute approximate surface area is 156 Å². The van der Waals surface area contributed by atoms with Crippen LogP contribution in [-0.4, -0.2) is 46.0 Å². The Morgan fingerprint density at radius 1 is 1.04 bits per heavy atom. The lowest BCUT2D eigenvalue weighted by Gasteiger charge is -2.46. The molecule has 1 unspecified atom stereocenters. The van der Waals surface area contributed by atoms with Crippen LogP contribution < -0.4 is 0 Å². The molecular formula is C22H28N2O2. The lowest BCUT2D eigenvalue weighted by Crippen LogP contribution is -2.56. The fourth-order valence-corrected chi connectivity index (χ4v) is 3.93. The van der Waals surface area contributed by atoms with Gasteiger partial charge in [0.15, 0.2) is 0 Å². The molecule has 1 fully saturated rings. The summed E-state index contributed by atoms with van der Waals surface area (Å²) >= 11 is 0. The van der Waals surface area contributed by atoms with Crippen molar-refractivity contribution in [3.8, 4) is 0 Å². The number of piperazine rings is 1. The molecule has 0 bridgehead atoms. The van der Waals surface area contributed by atoms with E-state index in [0.29, 0.717) is 17.6 Å². The maximum Gasteiger partial charge on any atom is 0.335 e. The van der Waals surface area contributed by atoms with Gasteiger partial charge >= 0.3 is 5.97 Å². The van der Waals surface area contributed by atoms with E-state index < -0.39 is 5.97 Å². The Balaban J connectivity index is 1.67. The van der Waals surface area contributed by atoms with Gasteiger partial charge in [0, 0.05) is 37.8 Å². The number of carboxylic acid groups (broad SMARTS) is 1. The van der Waals surface area contributed by atoms with E-state index >= 15 is 0 Å². The second-order valence-electron chi connectivity index (χ2n) is 7.41. The van der Waals surface area contributed by atoms with Gasteiger partial charge in [-0.2, -0.15) is 0 Å². The predicted molar refractivity (Wildman–Crippen MR) is 104 cm³/mol. The lowest BCUT2D eigenvalue weighted by atomic mass is 10.00. The first kappa shape index (κ1) is 18.6. The smallest absolute Gasteiger partial charge is 0.335 e. The van der Waals surface area contributed by atoms with Gasteiger partial charge in [-0.25, -0.2) is 4.79 Å². The second kappa shape index (κ2) is 8.02. The Morgan fingerprint density at radius 2 is 1.62 bits per heavy atom. The summed E-state index contributed by atoms with van der Waals surface area (Å²) in [4.78, 5) is 16.1. The van der Waals surface area contributed by atoms with Crippen LogP contribution in [0.25, 0.3) is 0 Å². The van der Waals surface area contributed by atoms with Crippen LogP contribution in [0.1, 0.15) is 48.3 Å². The number of benzene rings is 2. The van der Waals surface area contributed by atoms with Gasteiger partial charge in [0.25, 0.3) is 0 Å². The van der Waals surface area contributed by atoms with Crippen LogP contribution in [0.3, 0.4) is 0 Å². The molecule has 1 aliphatic heterocycles. The van der Waals surface area contributed by atoms with E-state index in [2.05, 4.69) is 60.9 Å².